The zero-order valence-corrected chi connectivity index (χ0v) is 20.5. The van der Waals surface area contributed by atoms with Crippen molar-refractivity contribution in [2.24, 2.45) is 0 Å². The van der Waals surface area contributed by atoms with Crippen LogP contribution in [-0.4, -0.2) is 48.0 Å². The van der Waals surface area contributed by atoms with Gasteiger partial charge in [0.2, 0.25) is 12.7 Å². The van der Waals surface area contributed by atoms with Crippen LogP contribution in [0.4, 0.5) is 10.5 Å². The van der Waals surface area contributed by atoms with Crippen LogP contribution < -0.4 is 24.3 Å². The normalized spacial score (nSPS) is 16.5. The van der Waals surface area contributed by atoms with E-state index in [4.69, 9.17) is 18.9 Å². The number of amides is 3. The Morgan fingerprint density at radius 1 is 1.14 bits per heavy atom. The molecule has 0 unspecified atom stereocenters. The first-order chi connectivity index (χ1) is 16.9. The largest absolute Gasteiger partial charge is 0.490 e. The molecule has 0 saturated carbocycles. The minimum absolute atomic E-state index is 0.0281. The number of carbonyl (C=O) groups is 3. The fourth-order valence-corrected chi connectivity index (χ4v) is 4.22. The van der Waals surface area contributed by atoms with E-state index in [1.54, 1.807) is 42.5 Å². The summed E-state index contributed by atoms with van der Waals surface area (Å²) >= 11 is 0.789. The Bertz CT molecular complexity index is 1180. The summed E-state index contributed by atoms with van der Waals surface area (Å²) in [6.07, 6.45) is 2.49. The van der Waals surface area contributed by atoms with E-state index in [-0.39, 0.29) is 17.8 Å². The Labute approximate surface area is 207 Å². The predicted octanol–water partition coefficient (Wildman–Crippen LogP) is 4.67. The van der Waals surface area contributed by atoms with Gasteiger partial charge in [-0.1, -0.05) is 13.0 Å². The highest BCUT2D eigenvalue weighted by molar-refractivity contribution is 8.18. The number of fused-ring (bicyclic) bond motifs is 1. The second kappa shape index (κ2) is 10.7. The van der Waals surface area contributed by atoms with E-state index in [1.807, 2.05) is 20.8 Å². The van der Waals surface area contributed by atoms with Gasteiger partial charge in [0, 0.05) is 11.8 Å². The third kappa shape index (κ3) is 5.71. The highest BCUT2D eigenvalue weighted by atomic mass is 32.2. The van der Waals surface area contributed by atoms with E-state index in [0.717, 1.165) is 23.1 Å². The Kier molecular flexibility index (Phi) is 7.50. The van der Waals surface area contributed by atoms with Gasteiger partial charge in [0.05, 0.1) is 17.6 Å². The number of imide groups is 1. The van der Waals surface area contributed by atoms with Crippen molar-refractivity contribution in [2.45, 2.75) is 33.3 Å². The number of ether oxygens (including phenoxy) is 4. The number of hydrogen-bond donors (Lipinski definition) is 1. The van der Waals surface area contributed by atoms with E-state index in [9.17, 15) is 14.4 Å². The van der Waals surface area contributed by atoms with Gasteiger partial charge >= 0.3 is 0 Å². The summed E-state index contributed by atoms with van der Waals surface area (Å²) in [6, 6.07) is 10.3. The molecule has 184 valence electrons. The van der Waals surface area contributed by atoms with E-state index >= 15 is 0 Å². The van der Waals surface area contributed by atoms with Gasteiger partial charge in [-0.3, -0.25) is 19.3 Å². The molecule has 1 atom stereocenters. The SMILES string of the molecule is CCOc1cc(/C=C2/SC(=O)N(CC(=O)Nc3ccc4c(c3)OCO4)C2=O)ccc1O[C@H](C)CC. The summed E-state index contributed by atoms with van der Waals surface area (Å²) in [5, 5.41) is 2.16. The minimum atomic E-state index is -0.529. The van der Waals surface area contributed by atoms with Crippen LogP contribution in [0.2, 0.25) is 0 Å². The molecule has 0 aliphatic carbocycles. The molecule has 0 bridgehead atoms. The molecule has 1 saturated heterocycles. The zero-order chi connectivity index (χ0) is 24.9. The van der Waals surface area contributed by atoms with Gasteiger partial charge in [-0.2, -0.15) is 0 Å². The van der Waals surface area contributed by atoms with Gasteiger partial charge in [-0.15, -0.1) is 0 Å². The van der Waals surface area contributed by atoms with Crippen molar-refractivity contribution in [1.82, 2.24) is 4.90 Å². The standard InChI is InChI=1S/C25H26N2O7S/c1-4-15(3)34-19-8-6-16(10-20(19)31-5-2)11-22-24(29)27(25(30)35-22)13-23(28)26-17-7-9-18-21(12-17)33-14-32-18/h6-12,15H,4-5,13-14H2,1-3H3,(H,26,28)/b22-11+/t15-/m1/s1. The van der Waals surface area contributed by atoms with Crippen LogP contribution in [0.5, 0.6) is 23.0 Å². The van der Waals surface area contributed by atoms with E-state index in [2.05, 4.69) is 5.32 Å². The van der Waals surface area contributed by atoms with Crippen LogP contribution in [0.15, 0.2) is 41.3 Å². The molecule has 2 aromatic carbocycles. The topological polar surface area (TPSA) is 103 Å². The van der Waals surface area contributed by atoms with Crippen molar-refractivity contribution in [2.75, 3.05) is 25.3 Å². The Balaban J connectivity index is 1.44. The number of hydrogen-bond acceptors (Lipinski definition) is 8. The zero-order valence-electron chi connectivity index (χ0n) is 19.7. The maximum absolute atomic E-state index is 12.9. The lowest BCUT2D eigenvalue weighted by atomic mass is 10.1. The number of rotatable bonds is 9. The molecular formula is C25H26N2O7S. The summed E-state index contributed by atoms with van der Waals surface area (Å²) in [7, 11) is 0. The number of nitrogens with zero attached hydrogens (tertiary/aromatic N) is 1. The monoisotopic (exact) mass is 498 g/mol. The molecule has 2 aliphatic heterocycles. The van der Waals surface area contributed by atoms with Crippen molar-refractivity contribution < 1.29 is 33.3 Å². The maximum atomic E-state index is 12.9. The Morgan fingerprint density at radius 3 is 2.71 bits per heavy atom. The molecule has 1 N–H and O–H groups in total. The molecule has 3 amide bonds. The smallest absolute Gasteiger partial charge is 0.294 e. The number of thioether (sulfide) groups is 1. The fourth-order valence-electron chi connectivity index (χ4n) is 3.39. The second-order valence-corrected chi connectivity index (χ2v) is 8.85. The number of anilines is 1. The van der Waals surface area contributed by atoms with Gasteiger partial charge in [-0.05, 0) is 67.9 Å². The molecule has 2 aliphatic rings. The average molecular weight is 499 g/mol. The van der Waals surface area contributed by atoms with Crippen LogP contribution in [0, 0.1) is 0 Å². The van der Waals surface area contributed by atoms with Crippen molar-refractivity contribution in [3.8, 4) is 23.0 Å². The highest BCUT2D eigenvalue weighted by Crippen LogP contribution is 2.36. The van der Waals surface area contributed by atoms with Gasteiger partial charge in [0.1, 0.15) is 6.54 Å². The molecule has 2 heterocycles. The fraction of sp³-hybridized carbons (Fsp3) is 0.320. The summed E-state index contributed by atoms with van der Waals surface area (Å²) < 4.78 is 22.1. The molecule has 35 heavy (non-hydrogen) atoms. The van der Waals surface area contributed by atoms with E-state index < -0.39 is 23.6 Å². The number of carbonyl (C=O) groups excluding carboxylic acids is 3. The molecule has 9 nitrogen and oxygen atoms in total. The van der Waals surface area contributed by atoms with E-state index in [0.29, 0.717) is 40.9 Å². The van der Waals surface area contributed by atoms with Crippen molar-refractivity contribution in [3.63, 3.8) is 0 Å². The third-order valence-corrected chi connectivity index (χ3v) is 6.21. The molecule has 1 fully saturated rings. The van der Waals surface area contributed by atoms with E-state index in [1.165, 1.54) is 0 Å². The highest BCUT2D eigenvalue weighted by Gasteiger charge is 2.36. The predicted molar refractivity (Wildman–Crippen MR) is 132 cm³/mol. The lowest BCUT2D eigenvalue weighted by molar-refractivity contribution is -0.127. The third-order valence-electron chi connectivity index (χ3n) is 5.30. The molecule has 2 aromatic rings. The van der Waals surface area contributed by atoms with Gasteiger partial charge in [0.25, 0.3) is 11.1 Å². The quantitative estimate of drug-likeness (QED) is 0.498. The minimum Gasteiger partial charge on any atom is -0.490 e. The van der Waals surface area contributed by atoms with Gasteiger partial charge < -0.3 is 24.3 Å². The molecule has 0 aromatic heterocycles. The number of nitrogens with one attached hydrogen (secondary N) is 1. The second-order valence-electron chi connectivity index (χ2n) is 7.86. The Morgan fingerprint density at radius 2 is 1.94 bits per heavy atom. The maximum Gasteiger partial charge on any atom is 0.294 e. The summed E-state index contributed by atoms with van der Waals surface area (Å²) in [6.45, 7) is 6.06. The molecular weight excluding hydrogens is 472 g/mol. The summed E-state index contributed by atoms with van der Waals surface area (Å²) in [4.78, 5) is 39.0. The Hall–Kier alpha value is -3.66. The molecule has 0 spiro atoms. The molecule has 0 radical (unpaired) electrons. The van der Waals surface area contributed by atoms with Crippen LogP contribution >= 0.6 is 11.8 Å². The van der Waals surface area contributed by atoms with Crippen molar-refractivity contribution >= 4 is 40.6 Å². The van der Waals surface area contributed by atoms with Crippen LogP contribution in [0.1, 0.15) is 32.8 Å². The van der Waals surface area contributed by atoms with Gasteiger partial charge in [0.15, 0.2) is 23.0 Å². The van der Waals surface area contributed by atoms with Crippen LogP contribution in [0.25, 0.3) is 6.08 Å². The summed E-state index contributed by atoms with van der Waals surface area (Å²) in [5.74, 6) is 1.25. The first-order valence-electron chi connectivity index (χ1n) is 11.3. The lowest BCUT2D eigenvalue weighted by Gasteiger charge is -2.16. The molecule has 10 heteroatoms. The molecule has 4 rings (SSSR count). The van der Waals surface area contributed by atoms with Crippen molar-refractivity contribution in [1.29, 1.82) is 0 Å². The van der Waals surface area contributed by atoms with Crippen LogP contribution in [-0.2, 0) is 9.59 Å². The average Bonchev–Trinajstić information content (AvgIpc) is 3.40. The van der Waals surface area contributed by atoms with Gasteiger partial charge in [-0.25, -0.2) is 0 Å². The van der Waals surface area contributed by atoms with Crippen LogP contribution in [0.3, 0.4) is 0 Å². The van der Waals surface area contributed by atoms with Crippen molar-refractivity contribution in [3.05, 3.63) is 46.9 Å². The first-order valence-corrected chi connectivity index (χ1v) is 12.1. The number of benzene rings is 2. The first kappa shape index (κ1) is 24.5. The summed E-state index contributed by atoms with van der Waals surface area (Å²) in [5.41, 5.74) is 1.16. The lowest BCUT2D eigenvalue weighted by Crippen LogP contribution is -2.36.